The quantitative estimate of drug-likeness (QED) is 0.858. The lowest BCUT2D eigenvalue weighted by molar-refractivity contribution is 0.259. The normalized spacial score (nSPS) is 12.6. The van der Waals surface area contributed by atoms with Crippen LogP contribution in [0.5, 0.6) is 0 Å². The first-order valence-corrected chi connectivity index (χ1v) is 5.50. The second-order valence-corrected chi connectivity index (χ2v) is 4.08. The Morgan fingerprint density at radius 3 is 3.00 bits per heavy atom. The first-order chi connectivity index (χ1) is 8.19. The molecule has 6 heteroatoms. The van der Waals surface area contributed by atoms with Gasteiger partial charge >= 0.3 is 0 Å². The van der Waals surface area contributed by atoms with Crippen LogP contribution in [0.15, 0.2) is 28.8 Å². The van der Waals surface area contributed by atoms with Crippen molar-refractivity contribution >= 4 is 11.6 Å². The molecule has 0 aliphatic rings. The monoisotopic (exact) mass is 253 g/mol. The predicted molar refractivity (Wildman–Crippen MR) is 62.6 cm³/mol. The van der Waals surface area contributed by atoms with Gasteiger partial charge in [-0.3, -0.25) is 0 Å². The minimum absolute atomic E-state index is 0.212. The van der Waals surface area contributed by atoms with Gasteiger partial charge in [-0.1, -0.05) is 28.9 Å². The van der Waals surface area contributed by atoms with Crippen LogP contribution in [0, 0.1) is 0 Å². The van der Waals surface area contributed by atoms with E-state index in [4.69, 9.17) is 27.0 Å². The van der Waals surface area contributed by atoms with Gasteiger partial charge in [0.05, 0.1) is 19.1 Å². The van der Waals surface area contributed by atoms with E-state index in [2.05, 4.69) is 10.1 Å². The fourth-order valence-electron chi connectivity index (χ4n) is 1.39. The van der Waals surface area contributed by atoms with Crippen LogP contribution in [0.1, 0.15) is 23.3 Å². The molecule has 0 aliphatic carbocycles. The van der Waals surface area contributed by atoms with Crippen molar-refractivity contribution in [1.82, 2.24) is 10.1 Å². The van der Waals surface area contributed by atoms with Gasteiger partial charge in [0.25, 0.3) is 0 Å². The molecule has 0 saturated carbocycles. The van der Waals surface area contributed by atoms with Gasteiger partial charge < -0.3 is 15.4 Å². The maximum Gasteiger partial charge on any atom is 0.231 e. The number of halogens is 1. The van der Waals surface area contributed by atoms with Crippen molar-refractivity contribution < 1.29 is 9.63 Å². The lowest BCUT2D eigenvalue weighted by atomic mass is 10.1. The van der Waals surface area contributed by atoms with Crippen LogP contribution in [0.25, 0.3) is 0 Å². The highest BCUT2D eigenvalue weighted by Crippen LogP contribution is 2.14. The largest absolute Gasteiger partial charge is 0.394 e. The fraction of sp³-hybridized carbons (Fsp3) is 0.273. The molecular weight excluding hydrogens is 242 g/mol. The Labute approximate surface area is 103 Å². The molecular formula is C11H12ClN3O2. The summed E-state index contributed by atoms with van der Waals surface area (Å²) in [5.41, 5.74) is 6.55. The minimum Gasteiger partial charge on any atom is -0.394 e. The van der Waals surface area contributed by atoms with Crippen LogP contribution in [-0.2, 0) is 6.42 Å². The summed E-state index contributed by atoms with van der Waals surface area (Å²) in [5.74, 6) is 0.760. The van der Waals surface area contributed by atoms with Gasteiger partial charge in [-0.25, -0.2) is 0 Å². The number of benzene rings is 1. The molecule has 0 amide bonds. The Kier molecular flexibility index (Phi) is 3.73. The smallest absolute Gasteiger partial charge is 0.231 e. The average Bonchev–Trinajstić information content (AvgIpc) is 2.76. The summed E-state index contributed by atoms with van der Waals surface area (Å²) in [7, 11) is 0. The minimum atomic E-state index is -0.605. The molecule has 1 atom stereocenters. The van der Waals surface area contributed by atoms with E-state index in [0.29, 0.717) is 23.2 Å². The third kappa shape index (κ3) is 3.03. The summed E-state index contributed by atoms with van der Waals surface area (Å²) < 4.78 is 5.04. The molecule has 2 rings (SSSR count). The summed E-state index contributed by atoms with van der Waals surface area (Å²) in [4.78, 5) is 4.10. The van der Waals surface area contributed by atoms with Gasteiger partial charge in [-0.2, -0.15) is 4.98 Å². The zero-order valence-corrected chi connectivity index (χ0v) is 9.76. The van der Waals surface area contributed by atoms with Gasteiger partial charge in [0.1, 0.15) is 0 Å². The molecule has 3 N–H and O–H groups in total. The fourth-order valence-corrected chi connectivity index (χ4v) is 1.61. The Balaban J connectivity index is 2.11. The van der Waals surface area contributed by atoms with E-state index >= 15 is 0 Å². The number of hydrogen-bond acceptors (Lipinski definition) is 5. The van der Waals surface area contributed by atoms with E-state index in [9.17, 15) is 0 Å². The maximum atomic E-state index is 8.86. The lowest BCUT2D eigenvalue weighted by Gasteiger charge is -1.99. The summed E-state index contributed by atoms with van der Waals surface area (Å²) in [6.07, 6.45) is 0.492. The highest BCUT2D eigenvalue weighted by atomic mass is 35.5. The van der Waals surface area contributed by atoms with Crippen molar-refractivity contribution in [2.24, 2.45) is 5.73 Å². The summed E-state index contributed by atoms with van der Waals surface area (Å²) in [6.45, 7) is -0.212. The van der Waals surface area contributed by atoms with Crippen LogP contribution in [0.2, 0.25) is 5.02 Å². The van der Waals surface area contributed by atoms with E-state index in [1.54, 1.807) is 6.07 Å². The summed E-state index contributed by atoms with van der Waals surface area (Å²) in [5, 5.41) is 13.2. The zero-order chi connectivity index (χ0) is 12.3. The number of rotatable bonds is 4. The van der Waals surface area contributed by atoms with Crippen LogP contribution in [-0.4, -0.2) is 21.9 Å². The van der Waals surface area contributed by atoms with Crippen molar-refractivity contribution in [2.75, 3.05) is 6.61 Å². The number of hydrogen-bond donors (Lipinski definition) is 2. The van der Waals surface area contributed by atoms with Crippen LogP contribution in [0.4, 0.5) is 0 Å². The summed E-state index contributed by atoms with van der Waals surface area (Å²) in [6, 6.07) is 6.80. The molecule has 1 heterocycles. The number of nitrogens with two attached hydrogens (primary N) is 1. The molecule has 1 aromatic carbocycles. The maximum absolute atomic E-state index is 8.86. The average molecular weight is 254 g/mol. The second kappa shape index (κ2) is 5.27. The highest BCUT2D eigenvalue weighted by molar-refractivity contribution is 6.30. The molecule has 5 nitrogen and oxygen atoms in total. The van der Waals surface area contributed by atoms with E-state index < -0.39 is 6.04 Å². The van der Waals surface area contributed by atoms with E-state index in [-0.39, 0.29) is 6.61 Å². The molecule has 0 aliphatic heterocycles. The molecule has 1 aromatic heterocycles. The van der Waals surface area contributed by atoms with Crippen molar-refractivity contribution in [3.05, 3.63) is 46.6 Å². The van der Waals surface area contributed by atoms with Crippen molar-refractivity contribution in [1.29, 1.82) is 0 Å². The van der Waals surface area contributed by atoms with Gasteiger partial charge in [0.2, 0.25) is 5.89 Å². The van der Waals surface area contributed by atoms with Gasteiger partial charge in [-0.05, 0) is 17.7 Å². The van der Waals surface area contributed by atoms with Gasteiger partial charge in [-0.15, -0.1) is 0 Å². The molecule has 17 heavy (non-hydrogen) atoms. The molecule has 0 saturated heterocycles. The molecule has 0 spiro atoms. The lowest BCUT2D eigenvalue weighted by Crippen LogP contribution is -2.16. The standard InChI is InChI=1S/C11H12ClN3O2/c12-8-3-1-2-7(4-8)5-10-14-11(15-17-10)9(13)6-16/h1-4,9,16H,5-6,13H2. The third-order valence-corrected chi connectivity index (χ3v) is 2.49. The van der Waals surface area contributed by atoms with Gasteiger partial charge in [0, 0.05) is 5.02 Å². The molecule has 90 valence electrons. The molecule has 0 radical (unpaired) electrons. The number of aromatic nitrogens is 2. The SMILES string of the molecule is NC(CO)c1noc(Cc2cccc(Cl)c2)n1. The third-order valence-electron chi connectivity index (χ3n) is 2.26. The van der Waals surface area contributed by atoms with Crippen molar-refractivity contribution in [2.45, 2.75) is 12.5 Å². The molecule has 2 aromatic rings. The first-order valence-electron chi connectivity index (χ1n) is 5.12. The Morgan fingerprint density at radius 1 is 1.47 bits per heavy atom. The first kappa shape index (κ1) is 12.0. The Bertz CT molecular complexity index is 501. The van der Waals surface area contributed by atoms with Crippen molar-refractivity contribution in [3.63, 3.8) is 0 Å². The molecule has 0 fully saturated rings. The van der Waals surface area contributed by atoms with E-state index in [1.165, 1.54) is 0 Å². The van der Waals surface area contributed by atoms with E-state index in [1.807, 2.05) is 18.2 Å². The van der Waals surface area contributed by atoms with Crippen LogP contribution >= 0.6 is 11.6 Å². The number of nitrogens with zero attached hydrogens (tertiary/aromatic N) is 2. The topological polar surface area (TPSA) is 85.2 Å². The van der Waals surface area contributed by atoms with Gasteiger partial charge in [0.15, 0.2) is 5.82 Å². The highest BCUT2D eigenvalue weighted by Gasteiger charge is 2.13. The molecule has 1 unspecified atom stereocenters. The molecule has 0 bridgehead atoms. The van der Waals surface area contributed by atoms with Crippen LogP contribution in [0.3, 0.4) is 0 Å². The predicted octanol–water partition coefficient (Wildman–Crippen LogP) is 1.31. The zero-order valence-electron chi connectivity index (χ0n) is 9.01. The Hall–Kier alpha value is -1.43. The summed E-state index contributed by atoms with van der Waals surface area (Å²) >= 11 is 5.87. The second-order valence-electron chi connectivity index (χ2n) is 3.64. The number of aliphatic hydroxyl groups excluding tert-OH is 1. The van der Waals surface area contributed by atoms with Crippen LogP contribution < -0.4 is 5.73 Å². The van der Waals surface area contributed by atoms with Crippen molar-refractivity contribution in [3.8, 4) is 0 Å². The van der Waals surface area contributed by atoms with E-state index in [0.717, 1.165) is 5.56 Å². The number of aliphatic hydroxyl groups is 1. The Morgan fingerprint density at radius 2 is 2.29 bits per heavy atom.